The summed E-state index contributed by atoms with van der Waals surface area (Å²) in [6.07, 6.45) is -4.41. The lowest BCUT2D eigenvalue weighted by atomic mass is 10.0. The third-order valence-corrected chi connectivity index (χ3v) is 3.58. The molecule has 0 amide bonds. The molecule has 0 radical (unpaired) electrons. The van der Waals surface area contributed by atoms with Gasteiger partial charge < -0.3 is 4.84 Å². The topological polar surface area (TPSA) is 31.2 Å². The lowest BCUT2D eigenvalue weighted by Gasteiger charge is -2.12. The van der Waals surface area contributed by atoms with Gasteiger partial charge in [-0.1, -0.05) is 30.3 Å². The van der Waals surface area contributed by atoms with E-state index in [0.29, 0.717) is 11.1 Å². The Balaban J connectivity index is 2.20. The van der Waals surface area contributed by atoms with Crippen LogP contribution >= 0.6 is 0 Å². The van der Waals surface area contributed by atoms with Crippen LogP contribution in [0.2, 0.25) is 0 Å². The Morgan fingerprint density at radius 1 is 1.00 bits per heavy atom. The SMILES string of the molecule is COn1c(=O)c(-c2ccc(C(F)(F)F)cc2)cc2ccccc21. The summed E-state index contributed by atoms with van der Waals surface area (Å²) in [6, 6.07) is 13.3. The molecule has 0 N–H and O–H groups in total. The molecule has 3 aromatic rings. The van der Waals surface area contributed by atoms with Crippen molar-refractivity contribution in [2.45, 2.75) is 6.18 Å². The van der Waals surface area contributed by atoms with E-state index in [1.54, 1.807) is 24.3 Å². The molecule has 3 nitrogen and oxygen atoms in total. The van der Waals surface area contributed by atoms with Crippen molar-refractivity contribution in [1.82, 2.24) is 4.73 Å². The highest BCUT2D eigenvalue weighted by molar-refractivity contribution is 5.83. The zero-order chi connectivity index (χ0) is 16.6. The zero-order valence-corrected chi connectivity index (χ0v) is 12.1. The summed E-state index contributed by atoms with van der Waals surface area (Å²) >= 11 is 0. The van der Waals surface area contributed by atoms with Gasteiger partial charge in [0.25, 0.3) is 5.56 Å². The Kier molecular flexibility index (Phi) is 3.60. The van der Waals surface area contributed by atoms with Gasteiger partial charge in [0.2, 0.25) is 0 Å². The number of benzene rings is 2. The molecule has 2 aromatic carbocycles. The molecule has 0 aliphatic rings. The second-order valence-corrected chi connectivity index (χ2v) is 4.97. The van der Waals surface area contributed by atoms with Gasteiger partial charge in [-0.15, -0.1) is 4.73 Å². The van der Waals surface area contributed by atoms with Crippen LogP contribution in [0.3, 0.4) is 0 Å². The van der Waals surface area contributed by atoms with Crippen molar-refractivity contribution < 1.29 is 18.0 Å². The summed E-state index contributed by atoms with van der Waals surface area (Å²) < 4.78 is 39.1. The molecule has 0 atom stereocenters. The van der Waals surface area contributed by atoms with Gasteiger partial charge in [-0.05, 0) is 29.8 Å². The molecule has 1 aromatic heterocycles. The molecule has 1 heterocycles. The first-order valence-corrected chi connectivity index (χ1v) is 6.79. The van der Waals surface area contributed by atoms with Gasteiger partial charge >= 0.3 is 6.18 Å². The first-order valence-electron chi connectivity index (χ1n) is 6.79. The second-order valence-electron chi connectivity index (χ2n) is 4.97. The summed E-state index contributed by atoms with van der Waals surface area (Å²) in [6.45, 7) is 0. The number of aromatic nitrogens is 1. The summed E-state index contributed by atoms with van der Waals surface area (Å²) in [5.41, 5.74) is 0.0922. The van der Waals surface area contributed by atoms with E-state index in [-0.39, 0.29) is 5.56 Å². The molecule has 0 fully saturated rings. The van der Waals surface area contributed by atoms with E-state index in [9.17, 15) is 18.0 Å². The molecule has 118 valence electrons. The second kappa shape index (κ2) is 5.46. The minimum atomic E-state index is -4.41. The molecule has 3 rings (SSSR count). The summed E-state index contributed by atoms with van der Waals surface area (Å²) in [5.74, 6) is 0. The summed E-state index contributed by atoms with van der Waals surface area (Å²) in [4.78, 5) is 17.6. The highest BCUT2D eigenvalue weighted by Gasteiger charge is 2.30. The van der Waals surface area contributed by atoms with Gasteiger partial charge in [0.05, 0.1) is 16.6 Å². The number of nitrogens with zero attached hydrogens (tertiary/aromatic N) is 1. The van der Waals surface area contributed by atoms with E-state index < -0.39 is 17.3 Å². The van der Waals surface area contributed by atoms with Gasteiger partial charge in [-0.25, -0.2) is 0 Å². The number of para-hydroxylation sites is 1. The van der Waals surface area contributed by atoms with Crippen molar-refractivity contribution in [3.63, 3.8) is 0 Å². The Bertz CT molecular complexity index is 912. The van der Waals surface area contributed by atoms with Gasteiger partial charge in [0.15, 0.2) is 0 Å². The van der Waals surface area contributed by atoms with Gasteiger partial charge in [-0.3, -0.25) is 4.79 Å². The van der Waals surface area contributed by atoms with E-state index >= 15 is 0 Å². The van der Waals surface area contributed by atoms with Crippen molar-refractivity contribution in [3.8, 4) is 11.1 Å². The van der Waals surface area contributed by atoms with Crippen molar-refractivity contribution in [2.24, 2.45) is 0 Å². The van der Waals surface area contributed by atoms with E-state index in [0.717, 1.165) is 22.2 Å². The fourth-order valence-corrected chi connectivity index (χ4v) is 2.46. The number of fused-ring (bicyclic) bond motifs is 1. The van der Waals surface area contributed by atoms with Crippen molar-refractivity contribution in [3.05, 3.63) is 70.5 Å². The molecule has 0 saturated carbocycles. The molecule has 6 heteroatoms. The van der Waals surface area contributed by atoms with Crippen LogP contribution in [0.1, 0.15) is 5.56 Å². The van der Waals surface area contributed by atoms with E-state index in [4.69, 9.17) is 4.84 Å². The number of pyridine rings is 1. The standard InChI is InChI=1S/C17H12F3NO2/c1-23-21-15-5-3-2-4-12(15)10-14(16(21)22)11-6-8-13(9-7-11)17(18,19)20/h2-10H,1H3. The highest BCUT2D eigenvalue weighted by Crippen LogP contribution is 2.30. The predicted octanol–water partition coefficient (Wildman–Crippen LogP) is 3.75. The van der Waals surface area contributed by atoms with Crippen LogP contribution in [0.4, 0.5) is 13.2 Å². The van der Waals surface area contributed by atoms with Crippen LogP contribution in [0.25, 0.3) is 22.0 Å². The minimum Gasteiger partial charge on any atom is -0.413 e. The fourth-order valence-electron chi connectivity index (χ4n) is 2.46. The number of halogens is 3. The summed E-state index contributed by atoms with van der Waals surface area (Å²) in [7, 11) is 1.37. The minimum absolute atomic E-state index is 0.277. The lowest BCUT2D eigenvalue weighted by molar-refractivity contribution is -0.137. The fraction of sp³-hybridized carbons (Fsp3) is 0.118. The van der Waals surface area contributed by atoms with Crippen LogP contribution in [-0.2, 0) is 6.18 Å². The zero-order valence-electron chi connectivity index (χ0n) is 12.1. The molecule has 0 aliphatic heterocycles. The monoisotopic (exact) mass is 319 g/mol. The smallest absolute Gasteiger partial charge is 0.413 e. The Labute approximate surface area is 129 Å². The Morgan fingerprint density at radius 3 is 2.26 bits per heavy atom. The van der Waals surface area contributed by atoms with Crippen molar-refractivity contribution in [2.75, 3.05) is 7.11 Å². The maximum absolute atomic E-state index is 12.6. The van der Waals surface area contributed by atoms with Gasteiger partial charge in [0.1, 0.15) is 7.11 Å². The number of alkyl halides is 3. The van der Waals surface area contributed by atoms with Crippen LogP contribution in [0, 0.1) is 0 Å². The summed E-state index contributed by atoms with van der Waals surface area (Å²) in [5, 5.41) is 0.754. The third kappa shape index (κ3) is 2.67. The molecule has 0 saturated heterocycles. The Hall–Kier alpha value is -2.76. The first-order chi connectivity index (χ1) is 10.9. The molecule has 0 unspecified atom stereocenters. The number of hydrogen-bond donors (Lipinski definition) is 0. The third-order valence-electron chi connectivity index (χ3n) is 3.58. The van der Waals surface area contributed by atoms with Crippen LogP contribution in [0.5, 0.6) is 0 Å². The van der Waals surface area contributed by atoms with Crippen LogP contribution in [-0.4, -0.2) is 11.8 Å². The maximum atomic E-state index is 12.6. The first kappa shape index (κ1) is 15.1. The molecular weight excluding hydrogens is 307 g/mol. The average molecular weight is 319 g/mol. The lowest BCUT2D eigenvalue weighted by Crippen LogP contribution is -2.26. The normalized spacial score (nSPS) is 11.7. The molecular formula is C17H12F3NO2. The van der Waals surface area contributed by atoms with E-state index in [1.807, 2.05) is 6.07 Å². The highest BCUT2D eigenvalue weighted by atomic mass is 19.4. The molecule has 0 bridgehead atoms. The average Bonchev–Trinajstić information content (AvgIpc) is 2.54. The van der Waals surface area contributed by atoms with Crippen molar-refractivity contribution in [1.29, 1.82) is 0 Å². The van der Waals surface area contributed by atoms with E-state index in [2.05, 4.69) is 0 Å². The largest absolute Gasteiger partial charge is 0.416 e. The van der Waals surface area contributed by atoms with Crippen LogP contribution in [0.15, 0.2) is 59.4 Å². The van der Waals surface area contributed by atoms with Crippen molar-refractivity contribution >= 4 is 10.9 Å². The molecule has 0 spiro atoms. The van der Waals surface area contributed by atoms with E-state index in [1.165, 1.54) is 19.2 Å². The number of rotatable bonds is 2. The maximum Gasteiger partial charge on any atom is 0.416 e. The quantitative estimate of drug-likeness (QED) is 0.720. The molecule has 23 heavy (non-hydrogen) atoms. The van der Waals surface area contributed by atoms with Gasteiger partial charge in [-0.2, -0.15) is 13.2 Å². The Morgan fingerprint density at radius 2 is 1.65 bits per heavy atom. The predicted molar refractivity (Wildman–Crippen MR) is 81.2 cm³/mol. The van der Waals surface area contributed by atoms with Crippen LogP contribution < -0.4 is 10.4 Å². The molecule has 0 aliphatic carbocycles. The number of hydrogen-bond acceptors (Lipinski definition) is 2. The van der Waals surface area contributed by atoms with Gasteiger partial charge in [0, 0.05) is 5.39 Å².